The zero-order valence-electron chi connectivity index (χ0n) is 11.3. The van der Waals surface area contributed by atoms with Crippen molar-refractivity contribution in [1.82, 2.24) is 0 Å². The van der Waals surface area contributed by atoms with Crippen molar-refractivity contribution in [3.63, 3.8) is 0 Å². The van der Waals surface area contributed by atoms with Gasteiger partial charge in [0.25, 0.3) is 0 Å². The van der Waals surface area contributed by atoms with Gasteiger partial charge in [-0.05, 0) is 48.3 Å². The molecule has 1 heteroatoms. The van der Waals surface area contributed by atoms with Crippen molar-refractivity contribution in [3.05, 3.63) is 71.8 Å². The summed E-state index contributed by atoms with van der Waals surface area (Å²) in [4.78, 5) is 0. The molecule has 0 bridgehead atoms. The van der Waals surface area contributed by atoms with Crippen LogP contribution in [0.25, 0.3) is 0 Å². The topological polar surface area (TPSA) is 26.0 Å². The predicted molar refractivity (Wildman–Crippen MR) is 79.9 cm³/mol. The molecule has 1 nitrogen and oxygen atoms in total. The molecule has 19 heavy (non-hydrogen) atoms. The summed E-state index contributed by atoms with van der Waals surface area (Å²) < 4.78 is 0. The summed E-state index contributed by atoms with van der Waals surface area (Å²) in [6.07, 6.45) is 3.59. The van der Waals surface area contributed by atoms with Crippen LogP contribution < -0.4 is 5.73 Å². The third-order valence-electron chi connectivity index (χ3n) is 4.44. The van der Waals surface area contributed by atoms with E-state index in [9.17, 15) is 0 Å². The minimum Gasteiger partial charge on any atom is -0.330 e. The molecule has 1 saturated carbocycles. The van der Waals surface area contributed by atoms with E-state index in [0.29, 0.717) is 11.3 Å². The van der Waals surface area contributed by atoms with E-state index in [4.69, 9.17) is 5.73 Å². The van der Waals surface area contributed by atoms with Crippen LogP contribution in [0.1, 0.15) is 17.5 Å². The summed E-state index contributed by atoms with van der Waals surface area (Å²) in [5.74, 6) is 0.688. The lowest BCUT2D eigenvalue weighted by atomic mass is 9.87. The van der Waals surface area contributed by atoms with Crippen molar-refractivity contribution in [2.75, 3.05) is 6.54 Å². The molecule has 2 aromatic rings. The number of nitrogens with two attached hydrogens (primary N) is 1. The van der Waals surface area contributed by atoms with E-state index >= 15 is 0 Å². The first kappa shape index (κ1) is 12.4. The van der Waals surface area contributed by atoms with Gasteiger partial charge in [-0.2, -0.15) is 0 Å². The Morgan fingerprint density at radius 3 is 1.68 bits per heavy atom. The molecule has 0 amide bonds. The molecule has 0 heterocycles. The summed E-state index contributed by atoms with van der Waals surface area (Å²) in [7, 11) is 0. The second kappa shape index (κ2) is 5.18. The lowest BCUT2D eigenvalue weighted by Gasteiger charge is -2.17. The Balaban J connectivity index is 1.77. The number of rotatable bonds is 5. The van der Waals surface area contributed by atoms with Crippen molar-refractivity contribution >= 4 is 0 Å². The van der Waals surface area contributed by atoms with Gasteiger partial charge in [0.2, 0.25) is 0 Å². The van der Waals surface area contributed by atoms with E-state index in [1.807, 2.05) is 0 Å². The average Bonchev–Trinajstić information content (AvgIpc) is 3.13. The van der Waals surface area contributed by atoms with Crippen molar-refractivity contribution in [1.29, 1.82) is 0 Å². The van der Waals surface area contributed by atoms with Crippen molar-refractivity contribution < 1.29 is 0 Å². The van der Waals surface area contributed by atoms with E-state index in [1.54, 1.807) is 0 Å². The molecule has 3 rings (SSSR count). The molecule has 2 N–H and O–H groups in total. The van der Waals surface area contributed by atoms with Crippen molar-refractivity contribution in [2.45, 2.75) is 19.3 Å². The number of hydrogen-bond acceptors (Lipinski definition) is 1. The summed E-state index contributed by atoms with van der Waals surface area (Å²) in [5, 5.41) is 0. The molecule has 0 saturated heterocycles. The third kappa shape index (κ3) is 2.71. The zero-order chi connectivity index (χ0) is 13.1. The molecule has 1 aliphatic carbocycles. The maximum Gasteiger partial charge on any atom is -0.00431 e. The van der Waals surface area contributed by atoms with Crippen LogP contribution in [0.3, 0.4) is 0 Å². The van der Waals surface area contributed by atoms with Gasteiger partial charge in [0.05, 0.1) is 0 Å². The first-order valence-corrected chi connectivity index (χ1v) is 7.10. The molecule has 0 radical (unpaired) electrons. The lowest BCUT2D eigenvalue weighted by Crippen LogP contribution is -2.16. The van der Waals surface area contributed by atoms with E-state index in [1.165, 1.54) is 17.5 Å². The van der Waals surface area contributed by atoms with E-state index in [0.717, 1.165) is 19.4 Å². The summed E-state index contributed by atoms with van der Waals surface area (Å²) >= 11 is 0. The van der Waals surface area contributed by atoms with Gasteiger partial charge in [-0.1, -0.05) is 60.7 Å². The fourth-order valence-corrected chi connectivity index (χ4v) is 3.27. The standard InChI is InChI=1S/C18H21N/c19-14-17-13-18(17,11-15-7-3-1-4-8-15)12-16-9-5-2-6-10-16/h1-10,17H,11-14,19H2. The van der Waals surface area contributed by atoms with Crippen LogP contribution in [0, 0.1) is 11.3 Å². The van der Waals surface area contributed by atoms with Crippen LogP contribution in [-0.4, -0.2) is 6.54 Å². The second-order valence-corrected chi connectivity index (χ2v) is 5.82. The summed E-state index contributed by atoms with van der Waals surface area (Å²) in [6.45, 7) is 0.819. The number of hydrogen-bond donors (Lipinski definition) is 1. The van der Waals surface area contributed by atoms with Gasteiger partial charge >= 0.3 is 0 Å². The lowest BCUT2D eigenvalue weighted by molar-refractivity contribution is 0.450. The normalized spacial score (nSPS) is 20.2. The monoisotopic (exact) mass is 251 g/mol. The second-order valence-electron chi connectivity index (χ2n) is 5.82. The molecule has 2 aromatic carbocycles. The Kier molecular flexibility index (Phi) is 3.39. The SMILES string of the molecule is NCC1CC1(Cc1ccccc1)Cc1ccccc1. The molecular formula is C18H21N. The fourth-order valence-electron chi connectivity index (χ4n) is 3.27. The quantitative estimate of drug-likeness (QED) is 0.865. The largest absolute Gasteiger partial charge is 0.330 e. The molecule has 1 unspecified atom stereocenters. The molecule has 0 aromatic heterocycles. The highest BCUT2D eigenvalue weighted by Crippen LogP contribution is 2.56. The van der Waals surface area contributed by atoms with Gasteiger partial charge in [-0.25, -0.2) is 0 Å². The zero-order valence-corrected chi connectivity index (χ0v) is 11.3. The highest BCUT2D eigenvalue weighted by atomic mass is 14.7. The molecule has 98 valence electrons. The first-order chi connectivity index (χ1) is 9.32. The van der Waals surface area contributed by atoms with Gasteiger partial charge in [-0.3, -0.25) is 0 Å². The van der Waals surface area contributed by atoms with Gasteiger partial charge < -0.3 is 5.73 Å². The maximum atomic E-state index is 5.92. The summed E-state index contributed by atoms with van der Waals surface area (Å²) in [6, 6.07) is 21.6. The van der Waals surface area contributed by atoms with Crippen molar-refractivity contribution in [2.24, 2.45) is 17.1 Å². The van der Waals surface area contributed by atoms with E-state index < -0.39 is 0 Å². The van der Waals surface area contributed by atoms with Gasteiger partial charge in [-0.15, -0.1) is 0 Å². The number of benzene rings is 2. The maximum absolute atomic E-state index is 5.92. The minimum atomic E-state index is 0.400. The van der Waals surface area contributed by atoms with Gasteiger partial charge in [0, 0.05) is 0 Å². The molecule has 0 aliphatic heterocycles. The minimum absolute atomic E-state index is 0.400. The smallest absolute Gasteiger partial charge is 0.00431 e. The first-order valence-electron chi connectivity index (χ1n) is 7.10. The summed E-state index contributed by atoms with van der Waals surface area (Å²) in [5.41, 5.74) is 9.20. The predicted octanol–water partition coefficient (Wildman–Crippen LogP) is 3.44. The Bertz CT molecular complexity index is 476. The Hall–Kier alpha value is -1.60. The van der Waals surface area contributed by atoms with Crippen molar-refractivity contribution in [3.8, 4) is 0 Å². The van der Waals surface area contributed by atoms with Gasteiger partial charge in [0.15, 0.2) is 0 Å². The highest BCUT2D eigenvalue weighted by molar-refractivity contribution is 5.25. The molecule has 1 aliphatic rings. The van der Waals surface area contributed by atoms with E-state index in [-0.39, 0.29) is 0 Å². The van der Waals surface area contributed by atoms with Crippen LogP contribution in [0.4, 0.5) is 0 Å². The molecular weight excluding hydrogens is 230 g/mol. The van der Waals surface area contributed by atoms with Crippen LogP contribution >= 0.6 is 0 Å². The van der Waals surface area contributed by atoms with Crippen LogP contribution in [0.2, 0.25) is 0 Å². The average molecular weight is 251 g/mol. The fraction of sp³-hybridized carbons (Fsp3) is 0.333. The Labute approximate surface area is 115 Å². The Morgan fingerprint density at radius 2 is 1.32 bits per heavy atom. The molecule has 1 fully saturated rings. The molecule has 1 atom stereocenters. The third-order valence-corrected chi connectivity index (χ3v) is 4.44. The highest BCUT2D eigenvalue weighted by Gasteiger charge is 2.52. The van der Waals surface area contributed by atoms with Crippen LogP contribution in [-0.2, 0) is 12.8 Å². The van der Waals surface area contributed by atoms with Gasteiger partial charge in [0.1, 0.15) is 0 Å². The van der Waals surface area contributed by atoms with Crippen LogP contribution in [0.15, 0.2) is 60.7 Å². The molecule has 0 spiro atoms. The van der Waals surface area contributed by atoms with E-state index in [2.05, 4.69) is 60.7 Å². The Morgan fingerprint density at radius 1 is 0.842 bits per heavy atom. The van der Waals surface area contributed by atoms with Crippen LogP contribution in [0.5, 0.6) is 0 Å².